The number of nitrogens with two attached hydrogens (primary N) is 1. The Morgan fingerprint density at radius 2 is 1.83 bits per heavy atom. The average molecular weight is 328 g/mol. The van der Waals surface area contributed by atoms with Gasteiger partial charge in [0.15, 0.2) is 0 Å². The zero-order chi connectivity index (χ0) is 16.4. The lowest BCUT2D eigenvalue weighted by Crippen LogP contribution is -2.23. The molecular formula is C19H22ClN3. The van der Waals surface area contributed by atoms with Crippen molar-refractivity contribution in [2.75, 3.05) is 0 Å². The maximum absolute atomic E-state index is 6.49. The van der Waals surface area contributed by atoms with E-state index >= 15 is 0 Å². The summed E-state index contributed by atoms with van der Waals surface area (Å²) in [6, 6.07) is 16.1. The molecule has 0 aliphatic heterocycles. The van der Waals surface area contributed by atoms with Crippen LogP contribution in [0.3, 0.4) is 0 Å². The molecule has 0 radical (unpaired) electrons. The summed E-state index contributed by atoms with van der Waals surface area (Å²) in [6.45, 7) is 5.09. The first kappa shape index (κ1) is 16.0. The van der Waals surface area contributed by atoms with Crippen LogP contribution in [0, 0.1) is 5.92 Å². The van der Waals surface area contributed by atoms with Gasteiger partial charge in [-0.3, -0.25) is 0 Å². The molecule has 1 aromatic heterocycles. The number of para-hydroxylation sites is 2. The van der Waals surface area contributed by atoms with Gasteiger partial charge in [-0.2, -0.15) is 0 Å². The highest BCUT2D eigenvalue weighted by atomic mass is 35.5. The topological polar surface area (TPSA) is 43.8 Å². The first-order chi connectivity index (χ1) is 11.1. The third kappa shape index (κ3) is 3.26. The highest BCUT2D eigenvalue weighted by molar-refractivity contribution is 6.30. The van der Waals surface area contributed by atoms with Crippen molar-refractivity contribution in [3.8, 4) is 0 Å². The highest BCUT2D eigenvalue weighted by Gasteiger charge is 2.21. The summed E-state index contributed by atoms with van der Waals surface area (Å²) >= 11 is 5.99. The van der Waals surface area contributed by atoms with Crippen LogP contribution >= 0.6 is 11.6 Å². The molecule has 0 unspecified atom stereocenters. The fourth-order valence-electron chi connectivity index (χ4n) is 2.80. The summed E-state index contributed by atoms with van der Waals surface area (Å²) in [5.41, 5.74) is 9.79. The maximum atomic E-state index is 6.49. The summed E-state index contributed by atoms with van der Waals surface area (Å²) in [4.78, 5) is 4.81. The maximum Gasteiger partial charge on any atom is 0.127 e. The Morgan fingerprint density at radius 3 is 2.52 bits per heavy atom. The molecule has 0 saturated carbocycles. The first-order valence-corrected chi connectivity index (χ1v) is 8.43. The summed E-state index contributed by atoms with van der Waals surface area (Å²) in [5, 5.41) is 0.751. The molecule has 3 aromatic rings. The van der Waals surface area contributed by atoms with Gasteiger partial charge in [0.05, 0.1) is 17.1 Å². The Hall–Kier alpha value is -1.84. The van der Waals surface area contributed by atoms with E-state index in [2.05, 4.69) is 36.6 Å². The number of rotatable bonds is 5. The fraction of sp³-hybridized carbons (Fsp3) is 0.316. The van der Waals surface area contributed by atoms with Crippen LogP contribution < -0.4 is 5.73 Å². The third-order valence-electron chi connectivity index (χ3n) is 4.49. The van der Waals surface area contributed by atoms with E-state index in [0.717, 1.165) is 34.8 Å². The van der Waals surface area contributed by atoms with Gasteiger partial charge in [0.1, 0.15) is 5.82 Å². The minimum atomic E-state index is -0.0697. The van der Waals surface area contributed by atoms with E-state index in [9.17, 15) is 0 Å². The summed E-state index contributed by atoms with van der Waals surface area (Å²) in [6.07, 6.45) is 1.03. The van der Waals surface area contributed by atoms with Gasteiger partial charge in [-0.05, 0) is 35.7 Å². The predicted octanol–water partition coefficient (Wildman–Crippen LogP) is 4.78. The van der Waals surface area contributed by atoms with Crippen LogP contribution in [-0.2, 0) is 6.54 Å². The van der Waals surface area contributed by atoms with Gasteiger partial charge in [0, 0.05) is 11.6 Å². The molecule has 0 aliphatic rings. The standard InChI is InChI=1S/C19H22ClN3/c1-3-13(2)18(21)19-22-16-6-4-5-7-17(16)23(19)12-14-8-10-15(20)11-9-14/h4-11,13,18H,3,12,21H2,1-2H3/t13-,18-/m0/s1. The number of imidazole rings is 1. The van der Waals surface area contributed by atoms with Crippen molar-refractivity contribution in [3.63, 3.8) is 0 Å². The lowest BCUT2D eigenvalue weighted by molar-refractivity contribution is 0.428. The quantitative estimate of drug-likeness (QED) is 0.732. The van der Waals surface area contributed by atoms with E-state index in [4.69, 9.17) is 22.3 Å². The number of hydrogen-bond donors (Lipinski definition) is 1. The summed E-state index contributed by atoms with van der Waals surface area (Å²) < 4.78 is 2.23. The van der Waals surface area contributed by atoms with E-state index < -0.39 is 0 Å². The summed E-state index contributed by atoms with van der Waals surface area (Å²) in [7, 11) is 0. The number of halogens is 1. The lowest BCUT2D eigenvalue weighted by Gasteiger charge is -2.19. The Labute approximate surface area is 142 Å². The van der Waals surface area contributed by atoms with E-state index in [1.807, 2.05) is 30.3 Å². The van der Waals surface area contributed by atoms with Crippen LogP contribution in [0.4, 0.5) is 0 Å². The van der Waals surface area contributed by atoms with E-state index in [0.29, 0.717) is 5.92 Å². The van der Waals surface area contributed by atoms with E-state index in [1.54, 1.807) is 0 Å². The van der Waals surface area contributed by atoms with E-state index in [1.165, 1.54) is 5.56 Å². The Morgan fingerprint density at radius 1 is 1.13 bits per heavy atom. The molecule has 0 bridgehead atoms. The van der Waals surface area contributed by atoms with Crippen LogP contribution in [-0.4, -0.2) is 9.55 Å². The molecule has 0 fully saturated rings. The van der Waals surface area contributed by atoms with Crippen molar-refractivity contribution in [2.45, 2.75) is 32.9 Å². The monoisotopic (exact) mass is 327 g/mol. The number of hydrogen-bond acceptors (Lipinski definition) is 2. The molecule has 4 heteroatoms. The minimum Gasteiger partial charge on any atom is -0.322 e. The van der Waals surface area contributed by atoms with Gasteiger partial charge in [0.2, 0.25) is 0 Å². The molecule has 2 N–H and O–H groups in total. The van der Waals surface area contributed by atoms with E-state index in [-0.39, 0.29) is 6.04 Å². The number of nitrogens with zero attached hydrogens (tertiary/aromatic N) is 2. The van der Waals surface area contributed by atoms with Crippen molar-refractivity contribution in [2.24, 2.45) is 11.7 Å². The van der Waals surface area contributed by atoms with Gasteiger partial charge in [-0.1, -0.05) is 56.1 Å². The van der Waals surface area contributed by atoms with Gasteiger partial charge >= 0.3 is 0 Å². The number of aromatic nitrogens is 2. The minimum absolute atomic E-state index is 0.0697. The molecule has 0 amide bonds. The molecule has 2 atom stereocenters. The zero-order valence-electron chi connectivity index (χ0n) is 13.5. The second kappa shape index (κ2) is 6.73. The van der Waals surface area contributed by atoms with Crippen LogP contribution in [0.2, 0.25) is 5.02 Å². The van der Waals surface area contributed by atoms with Crippen molar-refractivity contribution in [1.82, 2.24) is 9.55 Å². The molecule has 0 aliphatic carbocycles. The predicted molar refractivity (Wildman–Crippen MR) is 96.7 cm³/mol. The van der Waals surface area contributed by atoms with Crippen LogP contribution in [0.25, 0.3) is 11.0 Å². The van der Waals surface area contributed by atoms with Gasteiger partial charge in [-0.25, -0.2) is 4.98 Å². The zero-order valence-corrected chi connectivity index (χ0v) is 14.3. The third-order valence-corrected chi connectivity index (χ3v) is 4.75. The molecule has 0 saturated heterocycles. The van der Waals surface area contributed by atoms with Crippen LogP contribution in [0.15, 0.2) is 48.5 Å². The molecule has 120 valence electrons. The van der Waals surface area contributed by atoms with Crippen molar-refractivity contribution < 1.29 is 0 Å². The molecule has 0 spiro atoms. The van der Waals surface area contributed by atoms with Crippen LogP contribution in [0.1, 0.15) is 37.7 Å². The normalized spacial score (nSPS) is 14.1. The average Bonchev–Trinajstić information content (AvgIpc) is 2.94. The van der Waals surface area contributed by atoms with Gasteiger partial charge in [-0.15, -0.1) is 0 Å². The summed E-state index contributed by atoms with van der Waals surface area (Å²) in [5.74, 6) is 1.34. The SMILES string of the molecule is CC[C@H](C)[C@H](N)c1nc2ccccc2n1Cc1ccc(Cl)cc1. The fourth-order valence-corrected chi connectivity index (χ4v) is 2.92. The van der Waals surface area contributed by atoms with Crippen molar-refractivity contribution >= 4 is 22.6 Å². The smallest absolute Gasteiger partial charge is 0.127 e. The molecular weight excluding hydrogens is 306 g/mol. The molecule has 2 aromatic carbocycles. The number of benzene rings is 2. The molecule has 3 nitrogen and oxygen atoms in total. The number of fused-ring (bicyclic) bond motifs is 1. The van der Waals surface area contributed by atoms with Gasteiger partial charge < -0.3 is 10.3 Å². The Kier molecular flexibility index (Phi) is 4.69. The largest absolute Gasteiger partial charge is 0.322 e. The van der Waals surface area contributed by atoms with Crippen molar-refractivity contribution in [1.29, 1.82) is 0 Å². The Balaban J connectivity index is 2.07. The van der Waals surface area contributed by atoms with Crippen LogP contribution in [0.5, 0.6) is 0 Å². The lowest BCUT2D eigenvalue weighted by atomic mass is 9.99. The molecule has 1 heterocycles. The second-order valence-electron chi connectivity index (χ2n) is 6.08. The van der Waals surface area contributed by atoms with Gasteiger partial charge in [0.25, 0.3) is 0 Å². The Bertz CT molecular complexity index is 792. The van der Waals surface area contributed by atoms with Crippen molar-refractivity contribution in [3.05, 3.63) is 64.9 Å². The second-order valence-corrected chi connectivity index (χ2v) is 6.52. The molecule has 23 heavy (non-hydrogen) atoms. The first-order valence-electron chi connectivity index (χ1n) is 8.05. The highest BCUT2D eigenvalue weighted by Crippen LogP contribution is 2.26. The molecule has 3 rings (SSSR count).